The van der Waals surface area contributed by atoms with Crippen molar-refractivity contribution in [1.29, 1.82) is 0 Å². The summed E-state index contributed by atoms with van der Waals surface area (Å²) in [7, 11) is 0. The first kappa shape index (κ1) is 12.2. The molecule has 0 spiro atoms. The fraction of sp³-hybridized carbons (Fsp3) is 0.273. The van der Waals surface area contributed by atoms with Crippen LogP contribution in [0.15, 0.2) is 22.7 Å². The van der Waals surface area contributed by atoms with E-state index in [0.29, 0.717) is 10.0 Å². The van der Waals surface area contributed by atoms with Crippen LogP contribution in [0.2, 0.25) is 0 Å². The molecule has 0 saturated heterocycles. The van der Waals surface area contributed by atoms with Gasteiger partial charge in [-0.15, -0.1) is 5.92 Å². The Morgan fingerprint density at radius 1 is 1.31 bits per heavy atom. The summed E-state index contributed by atoms with van der Waals surface area (Å²) in [4.78, 5) is 0. The molecule has 0 amide bonds. The Morgan fingerprint density at radius 2 is 1.92 bits per heavy atom. The second-order valence-electron chi connectivity index (χ2n) is 2.00. The van der Waals surface area contributed by atoms with Crippen LogP contribution in [0.5, 0.6) is 0 Å². The molecule has 0 heterocycles. The van der Waals surface area contributed by atoms with Gasteiger partial charge in [0.2, 0.25) is 0 Å². The second kappa shape index (κ2) is 6.68. The molecule has 0 bridgehead atoms. The molecule has 2 heteroatoms. The van der Waals surface area contributed by atoms with Gasteiger partial charge in [-0.1, -0.05) is 19.8 Å². The van der Waals surface area contributed by atoms with Crippen LogP contribution >= 0.6 is 15.9 Å². The van der Waals surface area contributed by atoms with Gasteiger partial charge in [0, 0.05) is 5.56 Å². The molecule has 0 N–H and O–H groups in total. The summed E-state index contributed by atoms with van der Waals surface area (Å²) in [5.41, 5.74) is 0.702. The molecule has 1 rings (SSSR count). The third kappa shape index (κ3) is 4.10. The summed E-state index contributed by atoms with van der Waals surface area (Å²) in [5, 5.41) is 0. The fourth-order valence-corrected chi connectivity index (χ4v) is 0.965. The SMILES string of the molecule is CC.CC#Cc1ccc(Br)c(F)c1. The zero-order valence-electron chi connectivity index (χ0n) is 7.99. The number of benzene rings is 1. The smallest absolute Gasteiger partial charge is 0.138 e. The maximum absolute atomic E-state index is 12.8. The molecular formula is C11H12BrF. The highest BCUT2D eigenvalue weighted by Crippen LogP contribution is 2.15. The highest BCUT2D eigenvalue weighted by atomic mass is 79.9. The first-order valence-corrected chi connectivity index (χ1v) is 4.91. The summed E-state index contributed by atoms with van der Waals surface area (Å²) < 4.78 is 13.3. The van der Waals surface area contributed by atoms with Crippen LogP contribution in [0.25, 0.3) is 0 Å². The Hall–Kier alpha value is -0.810. The van der Waals surface area contributed by atoms with Crippen LogP contribution in [0.1, 0.15) is 26.3 Å². The molecule has 0 aliphatic heterocycles. The average molecular weight is 243 g/mol. The molecule has 0 saturated carbocycles. The zero-order chi connectivity index (χ0) is 10.3. The fourth-order valence-electron chi connectivity index (χ4n) is 0.718. The van der Waals surface area contributed by atoms with E-state index in [-0.39, 0.29) is 5.82 Å². The van der Waals surface area contributed by atoms with Crippen molar-refractivity contribution in [1.82, 2.24) is 0 Å². The first-order chi connectivity index (χ1) is 6.24. The minimum Gasteiger partial charge on any atom is -0.206 e. The van der Waals surface area contributed by atoms with E-state index in [9.17, 15) is 4.39 Å². The van der Waals surface area contributed by atoms with Crippen LogP contribution in [0.4, 0.5) is 4.39 Å². The van der Waals surface area contributed by atoms with Crippen LogP contribution in [-0.2, 0) is 0 Å². The Morgan fingerprint density at radius 3 is 2.38 bits per heavy atom. The van der Waals surface area contributed by atoms with Gasteiger partial charge in [-0.3, -0.25) is 0 Å². The Balaban J connectivity index is 0.000000671. The lowest BCUT2D eigenvalue weighted by molar-refractivity contribution is 0.621. The van der Waals surface area contributed by atoms with Gasteiger partial charge < -0.3 is 0 Å². The molecule has 0 aliphatic carbocycles. The minimum absolute atomic E-state index is 0.273. The first-order valence-electron chi connectivity index (χ1n) is 4.12. The quantitative estimate of drug-likeness (QED) is 0.604. The third-order valence-corrected chi connectivity index (χ3v) is 1.83. The Bertz CT molecular complexity index is 321. The van der Waals surface area contributed by atoms with E-state index >= 15 is 0 Å². The largest absolute Gasteiger partial charge is 0.206 e. The highest BCUT2D eigenvalue weighted by Gasteiger charge is 1.96. The van der Waals surface area contributed by atoms with Crippen molar-refractivity contribution < 1.29 is 4.39 Å². The van der Waals surface area contributed by atoms with Gasteiger partial charge >= 0.3 is 0 Å². The van der Waals surface area contributed by atoms with Crippen LogP contribution in [-0.4, -0.2) is 0 Å². The van der Waals surface area contributed by atoms with Crippen LogP contribution < -0.4 is 0 Å². The van der Waals surface area contributed by atoms with Gasteiger partial charge in [0.25, 0.3) is 0 Å². The molecule has 0 atom stereocenters. The van der Waals surface area contributed by atoms with E-state index in [4.69, 9.17) is 0 Å². The van der Waals surface area contributed by atoms with E-state index in [1.54, 1.807) is 19.1 Å². The van der Waals surface area contributed by atoms with Crippen molar-refractivity contribution >= 4 is 15.9 Å². The lowest BCUT2D eigenvalue weighted by Crippen LogP contribution is -1.79. The molecular weight excluding hydrogens is 231 g/mol. The number of hydrogen-bond donors (Lipinski definition) is 0. The van der Waals surface area contributed by atoms with Gasteiger partial charge in [-0.2, -0.15) is 0 Å². The van der Waals surface area contributed by atoms with Gasteiger partial charge in [0.15, 0.2) is 0 Å². The van der Waals surface area contributed by atoms with E-state index in [1.165, 1.54) is 6.07 Å². The Labute approximate surface area is 87.3 Å². The number of rotatable bonds is 0. The van der Waals surface area contributed by atoms with E-state index in [0.717, 1.165) is 0 Å². The molecule has 0 radical (unpaired) electrons. The third-order valence-electron chi connectivity index (χ3n) is 1.19. The topological polar surface area (TPSA) is 0 Å². The summed E-state index contributed by atoms with van der Waals surface area (Å²) >= 11 is 3.06. The van der Waals surface area contributed by atoms with Gasteiger partial charge in [0.05, 0.1) is 4.47 Å². The van der Waals surface area contributed by atoms with E-state index < -0.39 is 0 Å². The summed E-state index contributed by atoms with van der Waals surface area (Å²) in [6.07, 6.45) is 0. The summed E-state index contributed by atoms with van der Waals surface area (Å²) in [6.45, 7) is 5.72. The van der Waals surface area contributed by atoms with E-state index in [1.807, 2.05) is 13.8 Å². The van der Waals surface area contributed by atoms with Crippen LogP contribution in [0, 0.1) is 17.7 Å². The van der Waals surface area contributed by atoms with Gasteiger partial charge in [-0.05, 0) is 41.1 Å². The second-order valence-corrected chi connectivity index (χ2v) is 2.86. The molecule has 1 aromatic carbocycles. The standard InChI is InChI=1S/C9H6BrF.C2H6/c1-2-3-7-4-5-8(10)9(11)6-7;1-2/h4-6H,1H3;1-2H3. The lowest BCUT2D eigenvalue weighted by Gasteiger charge is -1.93. The van der Waals surface area contributed by atoms with Gasteiger partial charge in [0.1, 0.15) is 5.82 Å². The molecule has 13 heavy (non-hydrogen) atoms. The van der Waals surface area contributed by atoms with Crippen molar-refractivity contribution in [2.45, 2.75) is 20.8 Å². The van der Waals surface area contributed by atoms with Crippen molar-refractivity contribution in [2.75, 3.05) is 0 Å². The molecule has 0 nitrogen and oxygen atoms in total. The van der Waals surface area contributed by atoms with Gasteiger partial charge in [-0.25, -0.2) is 4.39 Å². The van der Waals surface area contributed by atoms with Crippen molar-refractivity contribution in [3.8, 4) is 11.8 Å². The maximum Gasteiger partial charge on any atom is 0.138 e. The van der Waals surface area contributed by atoms with Crippen molar-refractivity contribution in [2.24, 2.45) is 0 Å². The molecule has 0 aliphatic rings. The molecule has 0 aromatic heterocycles. The average Bonchev–Trinajstić information content (AvgIpc) is 2.15. The normalized spacial score (nSPS) is 7.77. The minimum atomic E-state index is -0.273. The molecule has 0 fully saturated rings. The zero-order valence-corrected chi connectivity index (χ0v) is 9.57. The Kier molecular flexibility index (Phi) is 6.26. The number of hydrogen-bond acceptors (Lipinski definition) is 0. The lowest BCUT2D eigenvalue weighted by atomic mass is 10.2. The van der Waals surface area contributed by atoms with Crippen LogP contribution in [0.3, 0.4) is 0 Å². The number of halogens is 2. The molecule has 1 aromatic rings. The van der Waals surface area contributed by atoms with Crippen molar-refractivity contribution in [3.05, 3.63) is 34.1 Å². The molecule has 0 unspecified atom stereocenters. The maximum atomic E-state index is 12.8. The summed E-state index contributed by atoms with van der Waals surface area (Å²) in [6, 6.07) is 4.82. The molecule has 70 valence electrons. The highest BCUT2D eigenvalue weighted by molar-refractivity contribution is 9.10. The monoisotopic (exact) mass is 242 g/mol. The van der Waals surface area contributed by atoms with Crippen molar-refractivity contribution in [3.63, 3.8) is 0 Å². The predicted molar refractivity (Wildman–Crippen MR) is 58.0 cm³/mol. The predicted octanol–water partition coefficient (Wildman–Crippen LogP) is 3.99. The van der Waals surface area contributed by atoms with E-state index in [2.05, 4.69) is 27.8 Å². The summed E-state index contributed by atoms with van der Waals surface area (Å²) in [5.74, 6) is 5.19.